The molecular formula is C46H53N7O5. The van der Waals surface area contributed by atoms with Crippen LogP contribution in [0.2, 0.25) is 0 Å². The van der Waals surface area contributed by atoms with Gasteiger partial charge in [-0.05, 0) is 58.9 Å². The van der Waals surface area contributed by atoms with Crippen LogP contribution >= 0.6 is 0 Å². The van der Waals surface area contributed by atoms with Crippen LogP contribution in [0.15, 0.2) is 116 Å². The van der Waals surface area contributed by atoms with Gasteiger partial charge in [-0.1, -0.05) is 91.3 Å². The fourth-order valence-corrected chi connectivity index (χ4v) is 7.54. The lowest BCUT2D eigenvalue weighted by atomic mass is 9.97. The van der Waals surface area contributed by atoms with Crippen molar-refractivity contribution in [1.82, 2.24) is 20.2 Å². The maximum Gasteiger partial charge on any atom is 0.225 e. The summed E-state index contributed by atoms with van der Waals surface area (Å²) >= 11 is 0. The van der Waals surface area contributed by atoms with Gasteiger partial charge in [0.05, 0.1) is 30.2 Å². The topological polar surface area (TPSA) is 155 Å². The molecule has 3 heterocycles. The molecule has 12 nitrogen and oxygen atoms in total. The molecule has 0 radical (unpaired) electrons. The molecule has 0 unspecified atom stereocenters. The van der Waals surface area contributed by atoms with E-state index in [9.17, 15) is 14.7 Å². The van der Waals surface area contributed by atoms with Crippen molar-refractivity contribution >= 4 is 29.1 Å². The standard InChI is InChI=1S/C46H53N7O5/c47-40-11-6-7-12-41(40)51-44(56)14-3-1-2-13-43(55)50-30-37-9-4-5-10-39(37)34-19-21-36(22-20-34)45-57-38(29-42(58-45)35-17-15-33(32-54)16-18-35)31-52-25-27-53(28-26-52)46-48-23-8-24-49-46/h4-12,15-24,38,42,45,54H,1-3,13-14,25-32,47H2,(H,50,55)(H,51,56)/t38-,42+,45+/m1/s1. The first-order valence-electron chi connectivity index (χ1n) is 20.3. The third kappa shape index (κ3) is 11.0. The average molecular weight is 784 g/mol. The average Bonchev–Trinajstić information content (AvgIpc) is 3.27. The van der Waals surface area contributed by atoms with Gasteiger partial charge in [-0.25, -0.2) is 9.97 Å². The molecule has 0 spiro atoms. The second-order valence-electron chi connectivity index (χ2n) is 14.9. The summed E-state index contributed by atoms with van der Waals surface area (Å²) in [5.74, 6) is 0.676. The zero-order chi connectivity index (χ0) is 40.1. The lowest BCUT2D eigenvalue weighted by Crippen LogP contribution is -2.50. The fraction of sp³-hybridized carbons (Fsp3) is 0.348. The summed E-state index contributed by atoms with van der Waals surface area (Å²) in [6, 6.07) is 33.4. The van der Waals surface area contributed by atoms with Crippen LogP contribution < -0.4 is 21.3 Å². The Bertz CT molecular complexity index is 2080. The number of benzene rings is 4. The van der Waals surface area contributed by atoms with Crippen molar-refractivity contribution in [2.45, 2.75) is 70.2 Å². The number of ether oxygens (including phenoxy) is 2. The Labute approximate surface area is 340 Å². The van der Waals surface area contributed by atoms with E-state index in [1.807, 2.05) is 60.7 Å². The van der Waals surface area contributed by atoms with Crippen molar-refractivity contribution < 1.29 is 24.2 Å². The minimum absolute atomic E-state index is 0.00241. The number of hydrogen-bond acceptors (Lipinski definition) is 10. The Kier molecular flexibility index (Phi) is 14.1. The lowest BCUT2D eigenvalue weighted by molar-refractivity contribution is -0.253. The van der Waals surface area contributed by atoms with Gasteiger partial charge in [-0.3, -0.25) is 14.5 Å². The summed E-state index contributed by atoms with van der Waals surface area (Å²) in [5.41, 5.74) is 13.0. The molecule has 2 saturated heterocycles. The monoisotopic (exact) mass is 783 g/mol. The normalized spacial score (nSPS) is 18.4. The number of aliphatic hydroxyl groups is 1. The van der Waals surface area contributed by atoms with Crippen molar-refractivity contribution in [3.63, 3.8) is 0 Å². The minimum Gasteiger partial charge on any atom is -0.397 e. The first-order chi connectivity index (χ1) is 28.4. The molecule has 4 aromatic carbocycles. The van der Waals surface area contributed by atoms with Crippen molar-refractivity contribution in [2.24, 2.45) is 0 Å². The molecule has 0 bridgehead atoms. The zero-order valence-corrected chi connectivity index (χ0v) is 32.8. The number of nitrogens with zero attached hydrogens (tertiary/aromatic N) is 4. The lowest BCUT2D eigenvalue weighted by Gasteiger charge is -2.40. The van der Waals surface area contributed by atoms with Gasteiger partial charge in [0.25, 0.3) is 0 Å². The highest BCUT2D eigenvalue weighted by Crippen LogP contribution is 2.39. The van der Waals surface area contributed by atoms with E-state index in [2.05, 4.69) is 60.7 Å². The van der Waals surface area contributed by atoms with E-state index in [0.29, 0.717) is 43.6 Å². The number of piperazine rings is 1. The molecule has 0 saturated carbocycles. The van der Waals surface area contributed by atoms with Crippen molar-refractivity contribution in [3.05, 3.63) is 138 Å². The molecule has 0 aliphatic carbocycles. The van der Waals surface area contributed by atoms with Crippen LogP contribution in [-0.4, -0.2) is 70.6 Å². The van der Waals surface area contributed by atoms with E-state index in [1.54, 1.807) is 24.5 Å². The van der Waals surface area contributed by atoms with E-state index in [1.165, 1.54) is 0 Å². The first-order valence-corrected chi connectivity index (χ1v) is 20.3. The number of carbonyl (C=O) groups excluding carboxylic acids is 2. The molecule has 7 rings (SSSR count). The number of carbonyl (C=O) groups is 2. The van der Waals surface area contributed by atoms with Crippen LogP contribution in [0.3, 0.4) is 0 Å². The maximum absolute atomic E-state index is 12.8. The second-order valence-corrected chi connectivity index (χ2v) is 14.9. The van der Waals surface area contributed by atoms with E-state index in [0.717, 1.165) is 84.9 Å². The third-order valence-corrected chi connectivity index (χ3v) is 10.8. The minimum atomic E-state index is -0.555. The Morgan fingerprint density at radius 3 is 2.19 bits per heavy atom. The van der Waals surface area contributed by atoms with Gasteiger partial charge < -0.3 is 35.8 Å². The predicted molar refractivity (Wildman–Crippen MR) is 225 cm³/mol. The summed E-state index contributed by atoms with van der Waals surface area (Å²) in [4.78, 5) is 38.6. The highest BCUT2D eigenvalue weighted by Gasteiger charge is 2.34. The molecule has 5 aromatic rings. The van der Waals surface area contributed by atoms with Crippen LogP contribution in [0.5, 0.6) is 0 Å². The van der Waals surface area contributed by atoms with Gasteiger partial charge in [-0.2, -0.15) is 0 Å². The van der Waals surface area contributed by atoms with Gasteiger partial charge in [0, 0.05) is 76.5 Å². The van der Waals surface area contributed by atoms with Gasteiger partial charge in [-0.15, -0.1) is 0 Å². The molecule has 1 aromatic heterocycles. The Morgan fingerprint density at radius 2 is 1.45 bits per heavy atom. The number of aromatic nitrogens is 2. The zero-order valence-electron chi connectivity index (χ0n) is 32.8. The third-order valence-electron chi connectivity index (χ3n) is 10.8. The molecule has 2 amide bonds. The number of amides is 2. The van der Waals surface area contributed by atoms with Crippen LogP contribution in [0, 0.1) is 0 Å². The van der Waals surface area contributed by atoms with E-state index in [4.69, 9.17) is 15.2 Å². The molecular weight excluding hydrogens is 731 g/mol. The number of anilines is 3. The summed E-state index contributed by atoms with van der Waals surface area (Å²) in [6.07, 6.45) is 6.47. The van der Waals surface area contributed by atoms with Gasteiger partial charge in [0.1, 0.15) is 0 Å². The van der Waals surface area contributed by atoms with Crippen LogP contribution in [0.25, 0.3) is 11.1 Å². The van der Waals surface area contributed by atoms with Crippen molar-refractivity contribution in [1.29, 1.82) is 0 Å². The highest BCUT2D eigenvalue weighted by atomic mass is 16.7. The Balaban J connectivity index is 0.930. The smallest absolute Gasteiger partial charge is 0.225 e. The number of unbranched alkanes of at least 4 members (excludes halogenated alkanes) is 2. The van der Waals surface area contributed by atoms with E-state index in [-0.39, 0.29) is 30.6 Å². The molecule has 5 N–H and O–H groups in total. The largest absolute Gasteiger partial charge is 0.397 e. The summed E-state index contributed by atoms with van der Waals surface area (Å²) in [7, 11) is 0. The summed E-state index contributed by atoms with van der Waals surface area (Å²) in [5, 5.41) is 15.6. The SMILES string of the molecule is Nc1ccccc1NC(=O)CCCCCC(=O)NCc1ccccc1-c1ccc([C@H]2O[C@@H](CN3CCN(c4ncccn4)CC3)C[C@@H](c3ccc(CO)cc3)O2)cc1. The molecule has 3 atom stereocenters. The fourth-order valence-electron chi connectivity index (χ4n) is 7.54. The number of nitrogens with two attached hydrogens (primary N) is 1. The molecule has 58 heavy (non-hydrogen) atoms. The first kappa shape index (κ1) is 40.5. The number of nitrogen functional groups attached to an aromatic ring is 1. The maximum atomic E-state index is 12.8. The molecule has 12 heteroatoms. The van der Waals surface area contributed by atoms with Crippen molar-refractivity contribution in [2.75, 3.05) is 48.7 Å². The highest BCUT2D eigenvalue weighted by molar-refractivity contribution is 5.93. The quantitative estimate of drug-likeness (QED) is 0.0621. The van der Waals surface area contributed by atoms with Gasteiger partial charge >= 0.3 is 0 Å². The number of aliphatic hydroxyl groups excluding tert-OH is 1. The number of hydrogen-bond donors (Lipinski definition) is 4. The number of nitrogens with one attached hydrogen (secondary N) is 2. The van der Waals surface area contributed by atoms with Crippen molar-refractivity contribution in [3.8, 4) is 11.1 Å². The summed E-state index contributed by atoms with van der Waals surface area (Å²) < 4.78 is 13.3. The second kappa shape index (κ2) is 20.2. The van der Waals surface area contributed by atoms with Gasteiger partial charge in [0.2, 0.25) is 17.8 Å². The van der Waals surface area contributed by atoms with Crippen LogP contribution in [0.4, 0.5) is 17.3 Å². The van der Waals surface area contributed by atoms with E-state index >= 15 is 0 Å². The predicted octanol–water partition coefficient (Wildman–Crippen LogP) is 6.79. The molecule has 2 aliphatic heterocycles. The Hall–Kier alpha value is -5.66. The summed E-state index contributed by atoms with van der Waals surface area (Å²) in [6.45, 7) is 4.68. The van der Waals surface area contributed by atoms with Crippen LogP contribution in [0.1, 0.15) is 73.2 Å². The van der Waals surface area contributed by atoms with Gasteiger partial charge in [0.15, 0.2) is 6.29 Å². The van der Waals surface area contributed by atoms with Crippen LogP contribution in [-0.2, 0) is 32.2 Å². The molecule has 2 aliphatic rings. The molecule has 2 fully saturated rings. The van der Waals surface area contributed by atoms with E-state index < -0.39 is 6.29 Å². The Morgan fingerprint density at radius 1 is 0.759 bits per heavy atom. The molecule has 302 valence electrons. The number of para-hydroxylation sites is 2. The number of rotatable bonds is 16.